The molecular weight excluding hydrogens is 507 g/mol. The molecule has 0 spiro atoms. The predicted octanol–water partition coefficient (Wildman–Crippen LogP) is 5.94. The highest BCUT2D eigenvalue weighted by Gasteiger charge is 2.28. The lowest BCUT2D eigenvalue weighted by molar-refractivity contribution is -0.139. The van der Waals surface area contributed by atoms with Gasteiger partial charge in [0.15, 0.2) is 0 Å². The molecule has 1 heterocycles. The van der Waals surface area contributed by atoms with E-state index in [0.717, 1.165) is 42.6 Å². The fourth-order valence-electron chi connectivity index (χ4n) is 5.47. The molecule has 0 saturated carbocycles. The Bertz CT molecular complexity index is 1460. The number of hydrogen-bond acceptors (Lipinski definition) is 4. The Morgan fingerprint density at radius 1 is 1.00 bits per heavy atom. The molecule has 3 unspecified atom stereocenters. The Kier molecular flexibility index (Phi) is 8.53. The Morgan fingerprint density at radius 3 is 2.40 bits per heavy atom. The summed E-state index contributed by atoms with van der Waals surface area (Å²) in [5.41, 5.74) is 7.20. The number of rotatable bonds is 10. The number of aliphatic hydroxyl groups excluding tert-OH is 2. The second-order valence-corrected chi connectivity index (χ2v) is 10.4. The van der Waals surface area contributed by atoms with Crippen molar-refractivity contribution in [2.75, 3.05) is 0 Å². The Balaban J connectivity index is 1.42. The second-order valence-electron chi connectivity index (χ2n) is 10.4. The number of nitrogens with zero attached hydrogens (tertiary/aromatic N) is 2. The zero-order valence-corrected chi connectivity index (χ0v) is 22.2. The van der Waals surface area contributed by atoms with E-state index in [9.17, 15) is 19.4 Å². The summed E-state index contributed by atoms with van der Waals surface area (Å²) >= 11 is 0. The van der Waals surface area contributed by atoms with Crippen LogP contribution in [0.2, 0.25) is 0 Å². The number of carbonyl (C=O) groups is 1. The van der Waals surface area contributed by atoms with Crippen LogP contribution in [-0.4, -0.2) is 43.3 Å². The maximum absolute atomic E-state index is 13.7. The summed E-state index contributed by atoms with van der Waals surface area (Å²) in [5, 5.41) is 34.3. The van der Waals surface area contributed by atoms with E-state index >= 15 is 0 Å². The van der Waals surface area contributed by atoms with E-state index in [2.05, 4.69) is 36.4 Å². The Hall–Kier alpha value is -4.07. The summed E-state index contributed by atoms with van der Waals surface area (Å²) in [5.74, 6) is -1.24. The summed E-state index contributed by atoms with van der Waals surface area (Å²) in [6.07, 6.45) is 4.33. The smallest absolute Gasteiger partial charge is 0.305 e. The van der Waals surface area contributed by atoms with Crippen molar-refractivity contribution in [1.29, 1.82) is 0 Å². The number of halogens is 1. The minimum atomic E-state index is -1.15. The van der Waals surface area contributed by atoms with Crippen molar-refractivity contribution in [2.24, 2.45) is 0 Å². The van der Waals surface area contributed by atoms with Gasteiger partial charge in [-0.2, -0.15) is 5.10 Å². The van der Waals surface area contributed by atoms with E-state index in [1.807, 2.05) is 18.2 Å². The van der Waals surface area contributed by atoms with Gasteiger partial charge in [-0.05, 0) is 72.7 Å². The van der Waals surface area contributed by atoms with Gasteiger partial charge in [0, 0.05) is 17.9 Å². The lowest BCUT2D eigenvalue weighted by Gasteiger charge is -2.21. The average molecular weight is 541 g/mol. The molecule has 0 aliphatic heterocycles. The molecule has 3 N–H and O–H groups in total. The first-order valence-electron chi connectivity index (χ1n) is 13.7. The minimum Gasteiger partial charge on any atom is -0.481 e. The molecule has 3 aromatic carbocycles. The molecule has 0 amide bonds. The molecule has 0 saturated heterocycles. The van der Waals surface area contributed by atoms with Crippen LogP contribution >= 0.6 is 0 Å². The molecule has 0 fully saturated rings. The van der Waals surface area contributed by atoms with Gasteiger partial charge >= 0.3 is 5.97 Å². The van der Waals surface area contributed by atoms with Crippen molar-refractivity contribution in [3.63, 3.8) is 0 Å². The highest BCUT2D eigenvalue weighted by atomic mass is 19.1. The fourth-order valence-corrected chi connectivity index (χ4v) is 5.47. The third-order valence-electron chi connectivity index (χ3n) is 7.43. The van der Waals surface area contributed by atoms with Gasteiger partial charge in [-0.25, -0.2) is 9.07 Å². The third-order valence-corrected chi connectivity index (χ3v) is 7.43. The summed E-state index contributed by atoms with van der Waals surface area (Å²) in [7, 11) is 0. The van der Waals surface area contributed by atoms with Gasteiger partial charge in [0.2, 0.25) is 0 Å². The molecule has 0 radical (unpaired) electrons. The largest absolute Gasteiger partial charge is 0.481 e. The molecule has 5 rings (SSSR count). The summed E-state index contributed by atoms with van der Waals surface area (Å²) in [6.45, 7) is 0. The molecule has 0 bridgehead atoms. The van der Waals surface area contributed by atoms with Crippen molar-refractivity contribution in [3.8, 4) is 16.8 Å². The van der Waals surface area contributed by atoms with Crippen LogP contribution in [0.15, 0.2) is 84.9 Å². The molecule has 40 heavy (non-hydrogen) atoms. The number of aliphatic carboxylic acids is 1. The first kappa shape index (κ1) is 27.5. The van der Waals surface area contributed by atoms with Crippen LogP contribution in [0.5, 0.6) is 0 Å². The van der Waals surface area contributed by atoms with Gasteiger partial charge in [-0.15, -0.1) is 0 Å². The average Bonchev–Trinajstić information content (AvgIpc) is 3.32. The number of benzene rings is 3. The summed E-state index contributed by atoms with van der Waals surface area (Å²) < 4.78 is 15.5. The Morgan fingerprint density at radius 2 is 1.70 bits per heavy atom. The van der Waals surface area contributed by atoms with Gasteiger partial charge in [0.25, 0.3) is 0 Å². The molecule has 1 aromatic heterocycles. The minimum absolute atomic E-state index is 0.0860. The highest BCUT2D eigenvalue weighted by Crippen LogP contribution is 2.37. The molecule has 7 heteroatoms. The van der Waals surface area contributed by atoms with E-state index in [4.69, 9.17) is 10.2 Å². The fraction of sp³-hybridized carbons (Fsp3) is 0.273. The number of aliphatic hydroxyl groups is 2. The SMILES string of the molecule is O=C(O)CC(O)CC(O)C=Cc1c2c(nn1-c1ccc(F)cc1)C(Cc1ccc(-c3ccccc3)cc1)CCC2. The first-order chi connectivity index (χ1) is 19.4. The standard InChI is InChI=1S/C33H33FN2O4/c34-26-13-15-27(16-14-26)36-31(18-17-28(37)20-29(38)21-32(39)40)30-8-4-7-25(33(30)35-36)19-22-9-11-24(12-10-22)23-5-2-1-3-6-23/h1-3,5-6,9-18,25,28-29,37-38H,4,7-8,19-21H2,(H,39,40). The molecule has 206 valence electrons. The zero-order valence-electron chi connectivity index (χ0n) is 22.2. The van der Waals surface area contributed by atoms with Crippen molar-refractivity contribution in [2.45, 2.75) is 56.7 Å². The van der Waals surface area contributed by atoms with E-state index in [1.54, 1.807) is 29.0 Å². The lowest BCUT2D eigenvalue weighted by atomic mass is 9.82. The topological polar surface area (TPSA) is 95.6 Å². The molecule has 3 atom stereocenters. The summed E-state index contributed by atoms with van der Waals surface area (Å²) in [4.78, 5) is 10.9. The van der Waals surface area contributed by atoms with Gasteiger partial charge < -0.3 is 15.3 Å². The first-order valence-corrected chi connectivity index (χ1v) is 13.7. The molecule has 4 aromatic rings. The van der Waals surface area contributed by atoms with Crippen molar-refractivity contribution < 1.29 is 24.5 Å². The van der Waals surface area contributed by atoms with Crippen molar-refractivity contribution >= 4 is 12.0 Å². The van der Waals surface area contributed by atoms with E-state index < -0.39 is 24.6 Å². The molecule has 6 nitrogen and oxygen atoms in total. The third kappa shape index (κ3) is 6.55. The monoisotopic (exact) mass is 540 g/mol. The number of fused-ring (bicyclic) bond motifs is 1. The number of carboxylic acid groups (broad SMARTS) is 1. The predicted molar refractivity (Wildman–Crippen MR) is 153 cm³/mol. The van der Waals surface area contributed by atoms with Crippen LogP contribution in [-0.2, 0) is 17.6 Å². The van der Waals surface area contributed by atoms with Crippen LogP contribution in [0, 0.1) is 5.82 Å². The van der Waals surface area contributed by atoms with Gasteiger partial charge in [-0.1, -0.05) is 60.7 Å². The van der Waals surface area contributed by atoms with E-state index in [-0.39, 0.29) is 18.2 Å². The van der Waals surface area contributed by atoms with E-state index in [0.29, 0.717) is 5.69 Å². The Labute approximate surface area is 233 Å². The lowest BCUT2D eigenvalue weighted by Crippen LogP contribution is -2.19. The van der Waals surface area contributed by atoms with Crippen LogP contribution < -0.4 is 0 Å². The van der Waals surface area contributed by atoms with Gasteiger partial charge in [0.1, 0.15) is 5.82 Å². The number of hydrogen-bond donors (Lipinski definition) is 3. The quantitative estimate of drug-likeness (QED) is 0.231. The second kappa shape index (κ2) is 12.4. The van der Waals surface area contributed by atoms with Crippen molar-refractivity contribution in [1.82, 2.24) is 9.78 Å². The number of carboxylic acids is 1. The maximum Gasteiger partial charge on any atom is 0.305 e. The van der Waals surface area contributed by atoms with Crippen molar-refractivity contribution in [3.05, 3.63) is 113 Å². The van der Waals surface area contributed by atoms with Gasteiger partial charge in [0.05, 0.1) is 35.7 Å². The van der Waals surface area contributed by atoms with Crippen LogP contribution in [0.25, 0.3) is 22.9 Å². The van der Waals surface area contributed by atoms with E-state index in [1.165, 1.54) is 28.8 Å². The summed E-state index contributed by atoms with van der Waals surface area (Å²) in [6, 6.07) is 25.1. The molecule has 1 aliphatic rings. The molecule has 1 aliphatic carbocycles. The molecular formula is C33H33FN2O4. The maximum atomic E-state index is 13.7. The van der Waals surface area contributed by atoms with Crippen LogP contribution in [0.3, 0.4) is 0 Å². The number of aromatic nitrogens is 2. The zero-order chi connectivity index (χ0) is 28.1. The van der Waals surface area contributed by atoms with Gasteiger partial charge in [-0.3, -0.25) is 4.79 Å². The normalized spacial score (nSPS) is 16.5. The highest BCUT2D eigenvalue weighted by molar-refractivity contribution is 5.67. The van der Waals surface area contributed by atoms with Crippen LogP contribution in [0.1, 0.15) is 54.1 Å². The van der Waals surface area contributed by atoms with Crippen LogP contribution in [0.4, 0.5) is 4.39 Å².